The second-order valence-corrected chi connectivity index (χ2v) is 9.64. The summed E-state index contributed by atoms with van der Waals surface area (Å²) >= 11 is 1.38. The zero-order chi connectivity index (χ0) is 21.6. The number of carbonyl (C=O) groups is 2. The van der Waals surface area contributed by atoms with Crippen LogP contribution in [0.4, 0.5) is 10.1 Å². The van der Waals surface area contributed by atoms with Crippen LogP contribution in [0.15, 0.2) is 71.0 Å². The zero-order valence-corrected chi connectivity index (χ0v) is 17.6. The van der Waals surface area contributed by atoms with E-state index in [4.69, 9.17) is 4.74 Å². The summed E-state index contributed by atoms with van der Waals surface area (Å²) in [5, 5.41) is 1.10. The monoisotopic (exact) mass is 449 g/mol. The highest BCUT2D eigenvalue weighted by Gasteiger charge is 2.31. The van der Waals surface area contributed by atoms with Crippen LogP contribution in [0.5, 0.6) is 0 Å². The first-order valence-electron chi connectivity index (χ1n) is 9.16. The molecule has 1 heterocycles. The second-order valence-electron chi connectivity index (χ2n) is 6.54. The molecule has 0 aliphatic carbocycles. The number of hydrogen-bond acceptors (Lipinski definition) is 6. The van der Waals surface area contributed by atoms with Gasteiger partial charge in [0.05, 0.1) is 18.2 Å². The average molecular weight is 450 g/mol. The molecular formula is C21H20FNO5S2. The molecule has 0 aromatic heterocycles. The first-order valence-corrected chi connectivity index (χ1v) is 11.9. The van der Waals surface area contributed by atoms with E-state index in [1.54, 1.807) is 42.5 Å². The number of amides is 1. The number of hydrogen-bond donors (Lipinski definition) is 0. The van der Waals surface area contributed by atoms with Gasteiger partial charge in [-0.2, -0.15) is 0 Å². The van der Waals surface area contributed by atoms with Gasteiger partial charge in [-0.3, -0.25) is 9.59 Å². The van der Waals surface area contributed by atoms with Gasteiger partial charge in [-0.15, -0.1) is 11.8 Å². The van der Waals surface area contributed by atoms with Crippen LogP contribution in [0.3, 0.4) is 0 Å². The van der Waals surface area contributed by atoms with Crippen LogP contribution >= 0.6 is 11.8 Å². The van der Waals surface area contributed by atoms with Gasteiger partial charge < -0.3 is 9.64 Å². The molecule has 1 aliphatic rings. The van der Waals surface area contributed by atoms with Crippen LogP contribution in [-0.4, -0.2) is 44.4 Å². The van der Waals surface area contributed by atoms with E-state index in [2.05, 4.69) is 0 Å². The van der Waals surface area contributed by atoms with Crippen LogP contribution in [0.1, 0.15) is 6.42 Å². The molecule has 0 radical (unpaired) electrons. The number of nitrogens with zero attached hydrogens (tertiary/aromatic N) is 1. The first-order chi connectivity index (χ1) is 14.3. The maximum absolute atomic E-state index is 12.9. The number of thioether (sulfide) groups is 1. The van der Waals surface area contributed by atoms with Crippen molar-refractivity contribution in [3.8, 4) is 0 Å². The predicted molar refractivity (Wildman–Crippen MR) is 113 cm³/mol. The van der Waals surface area contributed by atoms with Gasteiger partial charge in [0.1, 0.15) is 5.82 Å². The molecule has 3 rings (SSSR count). The van der Waals surface area contributed by atoms with E-state index in [0.29, 0.717) is 11.4 Å². The number of benzene rings is 2. The van der Waals surface area contributed by atoms with E-state index in [0.717, 1.165) is 10.3 Å². The van der Waals surface area contributed by atoms with Crippen molar-refractivity contribution >= 4 is 39.2 Å². The molecule has 1 amide bonds. The molecule has 158 valence electrons. The highest BCUT2D eigenvalue weighted by molar-refractivity contribution is 7.99. The Balaban J connectivity index is 1.54. The molecule has 0 saturated carbocycles. The van der Waals surface area contributed by atoms with Crippen molar-refractivity contribution in [3.05, 3.63) is 71.9 Å². The number of ether oxygens (including phenoxy) is 1. The third kappa shape index (κ3) is 6.17. The minimum atomic E-state index is -3.36. The van der Waals surface area contributed by atoms with Crippen LogP contribution in [0.25, 0.3) is 0 Å². The molecule has 2 aromatic rings. The summed E-state index contributed by atoms with van der Waals surface area (Å²) in [6, 6.07) is 13.9. The number of anilines is 1. The smallest absolute Gasteiger partial charge is 0.307 e. The van der Waals surface area contributed by atoms with Crippen molar-refractivity contribution < 1.29 is 27.1 Å². The molecular weight excluding hydrogens is 429 g/mol. The lowest BCUT2D eigenvalue weighted by molar-refractivity contribution is -0.147. The summed E-state index contributed by atoms with van der Waals surface area (Å²) in [4.78, 5) is 26.9. The van der Waals surface area contributed by atoms with Crippen molar-refractivity contribution in [2.75, 3.05) is 23.0 Å². The molecule has 0 bridgehead atoms. The molecule has 0 fully saturated rings. The predicted octanol–water partition coefficient (Wildman–Crippen LogP) is 3.20. The second kappa shape index (κ2) is 9.90. The maximum Gasteiger partial charge on any atom is 0.307 e. The van der Waals surface area contributed by atoms with Gasteiger partial charge in [0.2, 0.25) is 0 Å². The quantitative estimate of drug-likeness (QED) is 0.455. The van der Waals surface area contributed by atoms with E-state index < -0.39 is 34.4 Å². The number of carbonyl (C=O) groups excluding carboxylic acids is 2. The van der Waals surface area contributed by atoms with Crippen molar-refractivity contribution in [1.29, 1.82) is 0 Å². The van der Waals surface area contributed by atoms with E-state index >= 15 is 0 Å². The largest absolute Gasteiger partial charge is 0.456 e. The summed E-state index contributed by atoms with van der Waals surface area (Å²) < 4.78 is 41.6. The van der Waals surface area contributed by atoms with Gasteiger partial charge in [-0.1, -0.05) is 18.2 Å². The first kappa shape index (κ1) is 22.0. The van der Waals surface area contributed by atoms with Gasteiger partial charge in [-0.25, -0.2) is 12.8 Å². The third-order valence-corrected chi connectivity index (χ3v) is 6.68. The summed E-state index contributed by atoms with van der Waals surface area (Å²) in [5.41, 5.74) is 0.525. The fraction of sp³-hybridized carbons (Fsp3) is 0.238. The van der Waals surface area contributed by atoms with Crippen LogP contribution in [0, 0.1) is 5.82 Å². The topological polar surface area (TPSA) is 80.8 Å². The molecule has 2 aromatic carbocycles. The van der Waals surface area contributed by atoms with E-state index in [1.807, 2.05) is 0 Å². The molecule has 9 heteroatoms. The summed E-state index contributed by atoms with van der Waals surface area (Å²) in [5.74, 6) is -1.17. The Bertz CT molecular complexity index is 1020. The molecule has 1 atom stereocenters. The molecule has 1 aliphatic heterocycles. The Kier molecular flexibility index (Phi) is 7.28. The fourth-order valence-electron chi connectivity index (χ4n) is 2.90. The molecule has 0 saturated heterocycles. The molecule has 30 heavy (non-hydrogen) atoms. The summed E-state index contributed by atoms with van der Waals surface area (Å²) in [6.07, 6.45) is 1.54. The van der Waals surface area contributed by atoms with Crippen molar-refractivity contribution in [1.82, 2.24) is 0 Å². The Morgan fingerprint density at radius 2 is 1.80 bits per heavy atom. The molecule has 0 N–H and O–H groups in total. The highest BCUT2D eigenvalue weighted by atomic mass is 32.2. The van der Waals surface area contributed by atoms with E-state index in [-0.39, 0.29) is 18.0 Å². The zero-order valence-electron chi connectivity index (χ0n) is 15.9. The fourth-order valence-corrected chi connectivity index (χ4v) is 5.00. The lowest BCUT2D eigenvalue weighted by atomic mass is 10.2. The van der Waals surface area contributed by atoms with Gasteiger partial charge >= 0.3 is 5.97 Å². The third-order valence-electron chi connectivity index (χ3n) is 4.29. The number of esters is 1. The standard InChI is InChI=1S/C21H20FNO5S2/c22-16-6-8-19(9-7-16)29-12-10-21(25)28-14-20(24)23(17-4-2-1-3-5-17)18-11-13-30(26,27)15-18/h1-9,11,13,18H,10,12,14-15H2. The van der Waals surface area contributed by atoms with Crippen LogP contribution < -0.4 is 4.90 Å². The van der Waals surface area contributed by atoms with Crippen LogP contribution in [0.2, 0.25) is 0 Å². The minimum absolute atomic E-state index is 0.0817. The normalized spacial score (nSPS) is 16.9. The van der Waals surface area contributed by atoms with Crippen molar-refractivity contribution in [2.24, 2.45) is 0 Å². The molecule has 0 spiro atoms. The summed E-state index contributed by atoms with van der Waals surface area (Å²) in [7, 11) is -3.36. The van der Waals surface area contributed by atoms with Crippen molar-refractivity contribution in [3.63, 3.8) is 0 Å². The van der Waals surface area contributed by atoms with Crippen LogP contribution in [-0.2, 0) is 24.2 Å². The number of halogens is 1. The Hall–Kier alpha value is -2.65. The van der Waals surface area contributed by atoms with Crippen molar-refractivity contribution in [2.45, 2.75) is 17.4 Å². The van der Waals surface area contributed by atoms with E-state index in [9.17, 15) is 22.4 Å². The van der Waals surface area contributed by atoms with Gasteiger partial charge in [0.25, 0.3) is 5.91 Å². The number of sulfone groups is 1. The Morgan fingerprint density at radius 1 is 1.10 bits per heavy atom. The number of para-hydroxylation sites is 1. The maximum atomic E-state index is 12.9. The lowest BCUT2D eigenvalue weighted by Gasteiger charge is -2.27. The highest BCUT2D eigenvalue weighted by Crippen LogP contribution is 2.23. The summed E-state index contributed by atoms with van der Waals surface area (Å²) in [6.45, 7) is -0.487. The van der Waals surface area contributed by atoms with Gasteiger partial charge in [0.15, 0.2) is 16.4 Å². The van der Waals surface area contributed by atoms with Gasteiger partial charge in [-0.05, 0) is 42.5 Å². The Morgan fingerprint density at radius 3 is 2.43 bits per heavy atom. The lowest BCUT2D eigenvalue weighted by Crippen LogP contribution is -2.43. The minimum Gasteiger partial charge on any atom is -0.456 e. The number of rotatable bonds is 8. The molecule has 6 nitrogen and oxygen atoms in total. The SMILES string of the molecule is O=C(CCSc1ccc(F)cc1)OCC(=O)N(c1ccccc1)C1C=CS(=O)(=O)C1. The average Bonchev–Trinajstić information content (AvgIpc) is 3.08. The Labute approximate surface area is 178 Å². The van der Waals surface area contributed by atoms with E-state index in [1.165, 1.54) is 34.9 Å². The molecule has 1 unspecified atom stereocenters. The van der Waals surface area contributed by atoms with Gasteiger partial charge in [0, 0.05) is 21.7 Å².